The molecule has 1 N–H and O–H groups in total. The number of likely N-dealkylation sites (tertiary alicyclic amines) is 1. The quantitative estimate of drug-likeness (QED) is 0.841. The van der Waals surface area contributed by atoms with Crippen molar-refractivity contribution in [2.45, 2.75) is 32.2 Å². The van der Waals surface area contributed by atoms with Crippen LogP contribution in [0.5, 0.6) is 0 Å². The minimum absolute atomic E-state index is 0.136. The van der Waals surface area contributed by atoms with Gasteiger partial charge in [0.2, 0.25) is 5.91 Å². The van der Waals surface area contributed by atoms with Gasteiger partial charge in [0.05, 0.1) is 0 Å². The Balaban J connectivity index is 1.70. The van der Waals surface area contributed by atoms with Gasteiger partial charge in [0.1, 0.15) is 11.6 Å². The summed E-state index contributed by atoms with van der Waals surface area (Å²) in [6.07, 6.45) is 3.75. The van der Waals surface area contributed by atoms with Gasteiger partial charge in [-0.3, -0.25) is 4.79 Å². The Morgan fingerprint density at radius 3 is 2.70 bits per heavy atom. The van der Waals surface area contributed by atoms with Crippen LogP contribution in [0.15, 0.2) is 18.2 Å². The van der Waals surface area contributed by atoms with Crippen molar-refractivity contribution in [1.29, 1.82) is 0 Å². The van der Waals surface area contributed by atoms with E-state index in [-0.39, 0.29) is 18.0 Å². The number of amides is 1. The first-order valence-corrected chi connectivity index (χ1v) is 7.09. The average molecular weight is 282 g/mol. The van der Waals surface area contributed by atoms with Crippen LogP contribution >= 0.6 is 0 Å². The molecule has 0 radical (unpaired) electrons. The molecule has 1 heterocycles. The Labute approximate surface area is 118 Å². The molecule has 1 aliphatic heterocycles. The van der Waals surface area contributed by atoms with E-state index in [0.29, 0.717) is 13.0 Å². The van der Waals surface area contributed by atoms with E-state index in [4.69, 9.17) is 0 Å². The molecule has 0 atom stereocenters. The van der Waals surface area contributed by atoms with Crippen molar-refractivity contribution in [3.05, 3.63) is 35.4 Å². The number of nitrogens with zero attached hydrogens (tertiary/aromatic N) is 1. The molecule has 1 amide bonds. The maximum Gasteiger partial charge on any atom is 0.223 e. The van der Waals surface area contributed by atoms with E-state index in [0.717, 1.165) is 38.1 Å². The van der Waals surface area contributed by atoms with Crippen LogP contribution in [0.3, 0.4) is 0 Å². The lowest BCUT2D eigenvalue weighted by Crippen LogP contribution is -2.37. The largest absolute Gasteiger partial charge is 0.343 e. The molecular weight excluding hydrogens is 262 g/mol. The molecular formula is C15H20F2N2O. The fraction of sp³-hybridized carbons (Fsp3) is 0.533. The Kier molecular flexibility index (Phi) is 5.47. The second-order valence-corrected chi connectivity index (χ2v) is 5.10. The Morgan fingerprint density at radius 1 is 1.20 bits per heavy atom. The monoisotopic (exact) mass is 282 g/mol. The lowest BCUT2D eigenvalue weighted by atomic mass is 10.1. The predicted molar refractivity (Wildman–Crippen MR) is 73.1 cm³/mol. The zero-order valence-corrected chi connectivity index (χ0v) is 11.5. The lowest BCUT2D eigenvalue weighted by molar-refractivity contribution is -0.131. The van der Waals surface area contributed by atoms with Crippen LogP contribution in [-0.2, 0) is 11.3 Å². The minimum Gasteiger partial charge on any atom is -0.343 e. The highest BCUT2D eigenvalue weighted by atomic mass is 19.1. The molecule has 1 fully saturated rings. The summed E-state index contributed by atoms with van der Waals surface area (Å²) in [5.74, 6) is -0.745. The second kappa shape index (κ2) is 7.33. The molecule has 0 aromatic heterocycles. The topological polar surface area (TPSA) is 32.3 Å². The van der Waals surface area contributed by atoms with Crippen molar-refractivity contribution in [3.63, 3.8) is 0 Å². The maximum absolute atomic E-state index is 13.4. The molecule has 0 unspecified atom stereocenters. The van der Waals surface area contributed by atoms with Crippen molar-refractivity contribution >= 4 is 5.91 Å². The lowest BCUT2D eigenvalue weighted by Gasteiger charge is -2.26. The summed E-state index contributed by atoms with van der Waals surface area (Å²) >= 11 is 0. The minimum atomic E-state index is -0.451. The van der Waals surface area contributed by atoms with Crippen molar-refractivity contribution < 1.29 is 13.6 Å². The van der Waals surface area contributed by atoms with Crippen molar-refractivity contribution in [3.8, 4) is 0 Å². The number of piperidine rings is 1. The van der Waals surface area contributed by atoms with Crippen LogP contribution in [-0.4, -0.2) is 30.4 Å². The van der Waals surface area contributed by atoms with Crippen LogP contribution in [0, 0.1) is 11.6 Å². The van der Waals surface area contributed by atoms with Gasteiger partial charge in [0.15, 0.2) is 0 Å². The number of hydrogen-bond donors (Lipinski definition) is 1. The molecule has 1 saturated heterocycles. The van der Waals surface area contributed by atoms with Gasteiger partial charge in [-0.25, -0.2) is 8.78 Å². The standard InChI is InChI=1S/C15H20F2N2O/c16-13-4-5-14(17)12(10-13)11-18-7-6-15(20)19-8-2-1-3-9-19/h4-5,10,18H,1-3,6-9,11H2. The molecule has 0 bridgehead atoms. The number of nitrogens with one attached hydrogen (secondary N) is 1. The molecule has 0 aliphatic carbocycles. The zero-order valence-electron chi connectivity index (χ0n) is 11.5. The van der Waals surface area contributed by atoms with Gasteiger partial charge in [0.25, 0.3) is 0 Å². The van der Waals surface area contributed by atoms with E-state index in [1.807, 2.05) is 4.90 Å². The molecule has 0 spiro atoms. The Bertz CT molecular complexity index is 459. The molecule has 1 aromatic rings. The first-order chi connectivity index (χ1) is 9.66. The third-order valence-electron chi connectivity index (χ3n) is 3.55. The smallest absolute Gasteiger partial charge is 0.223 e. The van der Waals surface area contributed by atoms with Crippen molar-refractivity contribution in [2.24, 2.45) is 0 Å². The fourth-order valence-electron chi connectivity index (χ4n) is 2.40. The third-order valence-corrected chi connectivity index (χ3v) is 3.55. The molecule has 1 aromatic carbocycles. The number of carbonyl (C=O) groups is 1. The number of hydrogen-bond acceptors (Lipinski definition) is 2. The van der Waals surface area contributed by atoms with Gasteiger partial charge in [-0.1, -0.05) is 0 Å². The highest BCUT2D eigenvalue weighted by Gasteiger charge is 2.15. The Morgan fingerprint density at radius 2 is 1.95 bits per heavy atom. The third kappa shape index (κ3) is 4.27. The van der Waals surface area contributed by atoms with Gasteiger partial charge < -0.3 is 10.2 Å². The van der Waals surface area contributed by atoms with E-state index >= 15 is 0 Å². The van der Waals surface area contributed by atoms with Crippen molar-refractivity contribution in [1.82, 2.24) is 10.2 Å². The molecule has 0 saturated carbocycles. The summed E-state index contributed by atoms with van der Waals surface area (Å²) in [5.41, 5.74) is 0.287. The van der Waals surface area contributed by atoms with E-state index < -0.39 is 11.6 Å². The van der Waals surface area contributed by atoms with Gasteiger partial charge in [-0.15, -0.1) is 0 Å². The number of rotatable bonds is 5. The number of halogens is 2. The first kappa shape index (κ1) is 14.9. The summed E-state index contributed by atoms with van der Waals surface area (Å²) in [6.45, 7) is 2.40. The van der Waals surface area contributed by atoms with Crippen LogP contribution in [0.1, 0.15) is 31.2 Å². The van der Waals surface area contributed by atoms with Gasteiger partial charge in [-0.05, 0) is 37.5 Å². The summed E-state index contributed by atoms with van der Waals surface area (Å²) in [6, 6.07) is 3.39. The van der Waals surface area contributed by atoms with E-state index in [1.54, 1.807) is 0 Å². The van der Waals surface area contributed by atoms with Gasteiger partial charge in [0, 0.05) is 38.2 Å². The normalized spacial score (nSPS) is 15.4. The van der Waals surface area contributed by atoms with Gasteiger partial charge in [-0.2, -0.15) is 0 Å². The summed E-state index contributed by atoms with van der Waals surface area (Å²) < 4.78 is 26.3. The van der Waals surface area contributed by atoms with Crippen molar-refractivity contribution in [2.75, 3.05) is 19.6 Å². The van der Waals surface area contributed by atoms with Crippen LogP contribution in [0.2, 0.25) is 0 Å². The SMILES string of the molecule is O=C(CCNCc1cc(F)ccc1F)N1CCCCC1. The second-order valence-electron chi connectivity index (χ2n) is 5.10. The summed E-state index contributed by atoms with van der Waals surface area (Å²) in [4.78, 5) is 13.8. The fourth-order valence-corrected chi connectivity index (χ4v) is 2.40. The van der Waals surface area contributed by atoms with Gasteiger partial charge >= 0.3 is 0 Å². The molecule has 3 nitrogen and oxygen atoms in total. The molecule has 1 aliphatic rings. The average Bonchev–Trinajstić information content (AvgIpc) is 2.47. The highest BCUT2D eigenvalue weighted by molar-refractivity contribution is 5.76. The summed E-state index contributed by atoms with van der Waals surface area (Å²) in [5, 5.41) is 2.99. The number of carbonyl (C=O) groups excluding carboxylic acids is 1. The van der Waals surface area contributed by atoms with Crippen LogP contribution in [0.4, 0.5) is 8.78 Å². The van der Waals surface area contributed by atoms with E-state index in [2.05, 4.69) is 5.32 Å². The molecule has 110 valence electrons. The maximum atomic E-state index is 13.4. The first-order valence-electron chi connectivity index (χ1n) is 7.09. The Hall–Kier alpha value is -1.49. The summed E-state index contributed by atoms with van der Waals surface area (Å²) in [7, 11) is 0. The molecule has 20 heavy (non-hydrogen) atoms. The van der Waals surface area contributed by atoms with E-state index in [1.165, 1.54) is 12.5 Å². The predicted octanol–water partition coefficient (Wildman–Crippen LogP) is 2.46. The zero-order chi connectivity index (χ0) is 14.4. The van der Waals surface area contributed by atoms with Crippen LogP contribution < -0.4 is 5.32 Å². The van der Waals surface area contributed by atoms with Crippen LogP contribution in [0.25, 0.3) is 0 Å². The highest BCUT2D eigenvalue weighted by Crippen LogP contribution is 2.10. The molecule has 5 heteroatoms. The van der Waals surface area contributed by atoms with E-state index in [9.17, 15) is 13.6 Å². The number of benzene rings is 1. The molecule has 2 rings (SSSR count).